The summed E-state index contributed by atoms with van der Waals surface area (Å²) in [5.74, 6) is 0.908. The van der Waals surface area contributed by atoms with Gasteiger partial charge in [-0.05, 0) is 153 Å². The molecule has 0 saturated heterocycles. The molecule has 0 unspecified atom stereocenters. The SMILES string of the molecule is [2H]C([2H])([2H])c1ccnc(-n2c3[c-]c(Oc4[c-]c(N5[CH-]N(c6c(-c7cc(-c8ccccc8)cc(-c8ccccc8)c7)cccc6-c6cc(-c7ccccc7)cc(-c7ccccc7)c6)c6c5ccc5c6oc6c(C([2H])([2H])[2H])nccc65)cc(C#N)c4)ccc3c3ccccc32)c1.[Pt]. The summed E-state index contributed by atoms with van der Waals surface area (Å²) in [4.78, 5) is 13.1. The maximum absolute atomic E-state index is 11.0. The quantitative estimate of drug-likeness (QED) is 0.119. The molecule has 1 aliphatic rings. The first-order chi connectivity index (χ1) is 45.8. The van der Waals surface area contributed by atoms with E-state index in [0.717, 1.165) is 88.7 Å². The second kappa shape index (κ2) is 22.6. The maximum atomic E-state index is 11.0. The first-order valence-electron chi connectivity index (χ1n) is 31.8. The number of furan rings is 1. The molecule has 0 amide bonds. The second-order valence-corrected chi connectivity index (χ2v) is 21.7. The number of nitriles is 1. The molecule has 426 valence electrons. The number of hydrogen-bond donors (Lipinski definition) is 0. The number of aryl methyl sites for hydroxylation is 2. The van der Waals surface area contributed by atoms with Crippen molar-refractivity contribution in [2.75, 3.05) is 9.80 Å². The van der Waals surface area contributed by atoms with Gasteiger partial charge < -0.3 is 23.5 Å². The Kier molecular flexibility index (Phi) is 12.2. The van der Waals surface area contributed by atoms with Crippen LogP contribution in [0.2, 0.25) is 0 Å². The van der Waals surface area contributed by atoms with Gasteiger partial charge in [-0.3, -0.25) is 4.98 Å². The van der Waals surface area contributed by atoms with Crippen LogP contribution in [0.4, 0.5) is 22.7 Å². The molecule has 1 aliphatic heterocycles. The molecular formula is C80H51N6O2Pt-3. The first kappa shape index (κ1) is 48.1. The van der Waals surface area contributed by atoms with Gasteiger partial charge in [0, 0.05) is 92.0 Å². The van der Waals surface area contributed by atoms with Gasteiger partial charge in [-0.2, -0.15) is 11.3 Å². The molecule has 0 N–H and O–H groups in total. The van der Waals surface area contributed by atoms with E-state index in [4.69, 9.17) is 17.4 Å². The largest absolute Gasteiger partial charge is 0.509 e. The smallest absolute Gasteiger partial charge is 0.158 e. The minimum Gasteiger partial charge on any atom is -0.509 e. The fraction of sp³-hybridized carbons (Fsp3) is 0.0250. The molecule has 89 heavy (non-hydrogen) atoms. The van der Waals surface area contributed by atoms with Crippen LogP contribution in [0.15, 0.2) is 272 Å². The Bertz CT molecular complexity index is 5260. The molecule has 8 nitrogen and oxygen atoms in total. The van der Waals surface area contributed by atoms with Crippen molar-refractivity contribution in [1.29, 1.82) is 5.26 Å². The number of hydrogen-bond acceptors (Lipinski definition) is 7. The summed E-state index contributed by atoms with van der Waals surface area (Å²) in [7, 11) is 0. The number of pyridine rings is 2. The number of rotatable bonds is 11. The van der Waals surface area contributed by atoms with Crippen molar-refractivity contribution in [2.24, 2.45) is 0 Å². The van der Waals surface area contributed by atoms with Crippen LogP contribution in [-0.4, -0.2) is 14.5 Å². The fourth-order valence-electron chi connectivity index (χ4n) is 12.4. The van der Waals surface area contributed by atoms with Crippen LogP contribution in [0, 0.1) is 43.8 Å². The molecule has 0 aliphatic carbocycles. The Morgan fingerprint density at radius 1 is 0.472 bits per heavy atom. The van der Waals surface area contributed by atoms with Crippen LogP contribution in [0.3, 0.4) is 0 Å². The number of benzene rings is 11. The predicted octanol–water partition coefficient (Wildman–Crippen LogP) is 20.8. The van der Waals surface area contributed by atoms with Gasteiger partial charge in [0.1, 0.15) is 5.82 Å². The summed E-state index contributed by atoms with van der Waals surface area (Å²) in [6.07, 6.45) is 3.01. The summed E-state index contributed by atoms with van der Waals surface area (Å²) in [5, 5.41) is 14.0. The van der Waals surface area contributed by atoms with E-state index in [1.807, 2.05) is 137 Å². The summed E-state index contributed by atoms with van der Waals surface area (Å²) in [6, 6.07) is 94.3. The third-order valence-corrected chi connectivity index (χ3v) is 16.4. The van der Waals surface area contributed by atoms with Crippen molar-refractivity contribution >= 4 is 66.5 Å². The minimum absolute atomic E-state index is 0. The fourth-order valence-corrected chi connectivity index (χ4v) is 12.4. The van der Waals surface area contributed by atoms with Gasteiger partial charge in [0.25, 0.3) is 0 Å². The number of ether oxygens (including phenoxy) is 1. The molecule has 0 radical (unpaired) electrons. The Hall–Kier alpha value is -11.1. The number of anilines is 4. The van der Waals surface area contributed by atoms with E-state index >= 15 is 0 Å². The van der Waals surface area contributed by atoms with Crippen molar-refractivity contribution in [3.8, 4) is 90.1 Å². The van der Waals surface area contributed by atoms with E-state index in [1.165, 1.54) is 18.5 Å². The Labute approximate surface area is 538 Å². The number of para-hydroxylation sites is 2. The standard InChI is InChI=1S/C80H51N6O2.Pt/c1-51-34-36-83-76(38-51)86-73-29-16-15-26-69(73)70-31-30-65(48-75(70)86)87-66-40-53(49-81)39-64(47-66)84-50-85(78-74(84)33-32-71-72-35-37-82-52(2)79(72)88-80(71)78)77-67(62-43-58(54-18-7-3-8-19-54)41-59(44-62)55-20-9-4-10-21-55)27-17-28-68(77)63-45-60(56-22-11-5-12-23-56)42-61(46-63)57-24-13-6-14-25-57;/h3-46,50H,1-2H3;/q-3;/i1D3,2D3;. The van der Waals surface area contributed by atoms with Crippen molar-refractivity contribution in [2.45, 2.75) is 13.7 Å². The van der Waals surface area contributed by atoms with E-state index in [-0.39, 0.29) is 49.2 Å². The molecule has 5 heterocycles. The maximum Gasteiger partial charge on any atom is 0.158 e. The van der Waals surface area contributed by atoms with Crippen molar-refractivity contribution in [1.82, 2.24) is 14.5 Å². The van der Waals surface area contributed by atoms with Gasteiger partial charge in [-0.1, -0.05) is 174 Å². The van der Waals surface area contributed by atoms with Gasteiger partial charge in [-0.15, -0.1) is 42.4 Å². The van der Waals surface area contributed by atoms with Gasteiger partial charge in [-0.25, -0.2) is 4.98 Å². The van der Waals surface area contributed by atoms with E-state index < -0.39 is 13.7 Å². The monoisotopic (exact) mass is 1330 g/mol. The Balaban J connectivity index is 0.00000743. The zero-order chi connectivity index (χ0) is 63.8. The van der Waals surface area contributed by atoms with Crippen LogP contribution < -0.4 is 14.5 Å². The molecule has 4 aromatic heterocycles. The van der Waals surface area contributed by atoms with E-state index in [0.29, 0.717) is 50.5 Å². The van der Waals surface area contributed by atoms with Gasteiger partial charge in [0.15, 0.2) is 11.2 Å². The average molecular weight is 1330 g/mol. The number of aromatic nitrogens is 3. The molecule has 0 bridgehead atoms. The third kappa shape index (κ3) is 9.79. The number of nitrogens with zero attached hydrogens (tertiary/aromatic N) is 6. The van der Waals surface area contributed by atoms with E-state index in [1.54, 1.807) is 24.3 Å². The van der Waals surface area contributed by atoms with Crippen molar-refractivity contribution in [3.63, 3.8) is 0 Å². The Morgan fingerprint density at radius 2 is 1.04 bits per heavy atom. The van der Waals surface area contributed by atoms with Crippen LogP contribution in [-0.2, 0) is 21.1 Å². The summed E-state index contributed by atoms with van der Waals surface area (Å²) < 4.78 is 66.3. The van der Waals surface area contributed by atoms with Gasteiger partial charge in [0.2, 0.25) is 0 Å². The average Bonchev–Trinajstić information content (AvgIpc) is 1.23. The second-order valence-electron chi connectivity index (χ2n) is 21.7. The molecule has 0 atom stereocenters. The molecule has 0 saturated carbocycles. The molecule has 11 aromatic carbocycles. The topological polar surface area (TPSA) is 83.3 Å². The van der Waals surface area contributed by atoms with Crippen molar-refractivity contribution < 1.29 is 38.4 Å². The third-order valence-electron chi connectivity index (χ3n) is 16.4. The van der Waals surface area contributed by atoms with Crippen LogP contribution in [0.5, 0.6) is 11.5 Å². The van der Waals surface area contributed by atoms with E-state index in [2.05, 4.69) is 136 Å². The molecule has 15 aromatic rings. The molecule has 9 heteroatoms. The van der Waals surface area contributed by atoms with Crippen LogP contribution in [0.25, 0.3) is 116 Å². The summed E-state index contributed by atoms with van der Waals surface area (Å²) in [5.41, 5.74) is 16.4. The number of fused-ring (bicyclic) bond motifs is 8. The van der Waals surface area contributed by atoms with Crippen LogP contribution >= 0.6 is 0 Å². The summed E-state index contributed by atoms with van der Waals surface area (Å²) >= 11 is 0. The molecular weight excluding hydrogens is 1270 g/mol. The first-order valence-corrected chi connectivity index (χ1v) is 28.8. The van der Waals surface area contributed by atoms with Crippen molar-refractivity contribution in [3.05, 3.63) is 303 Å². The van der Waals surface area contributed by atoms with E-state index in [9.17, 15) is 5.26 Å². The van der Waals surface area contributed by atoms with Gasteiger partial charge >= 0.3 is 0 Å². The minimum atomic E-state index is -2.61. The predicted molar refractivity (Wildman–Crippen MR) is 356 cm³/mol. The molecule has 0 fully saturated rings. The Morgan fingerprint density at radius 3 is 1.65 bits per heavy atom. The molecule has 0 spiro atoms. The molecule has 16 rings (SSSR count). The zero-order valence-electron chi connectivity index (χ0n) is 53.3. The normalized spacial score (nSPS) is 13.2. The summed E-state index contributed by atoms with van der Waals surface area (Å²) in [6.45, 7) is -3.00. The van der Waals surface area contributed by atoms with Gasteiger partial charge in [0.05, 0.1) is 17.5 Å². The zero-order valence-corrected chi connectivity index (χ0v) is 49.6. The van der Waals surface area contributed by atoms with Crippen LogP contribution in [0.1, 0.15) is 25.0 Å².